The molecule has 0 aromatic heterocycles. The molecule has 21 heavy (non-hydrogen) atoms. The molecule has 3 unspecified atom stereocenters. The number of carboxylic acids is 2. The Kier molecular flexibility index (Phi) is 21.7. The van der Waals surface area contributed by atoms with Crippen molar-refractivity contribution in [2.45, 2.75) is 24.9 Å². The summed E-state index contributed by atoms with van der Waals surface area (Å²) in [6.45, 7) is 0. The van der Waals surface area contributed by atoms with Crippen molar-refractivity contribution in [1.29, 1.82) is 0 Å². The third kappa shape index (κ3) is 22.1. The van der Waals surface area contributed by atoms with E-state index in [1.807, 2.05) is 6.26 Å². The van der Waals surface area contributed by atoms with Crippen LogP contribution < -0.4 is 11.5 Å². The van der Waals surface area contributed by atoms with Gasteiger partial charge < -0.3 is 21.7 Å². The van der Waals surface area contributed by atoms with E-state index < -0.39 is 34.8 Å². The van der Waals surface area contributed by atoms with E-state index in [0.717, 1.165) is 5.75 Å². The zero-order valence-electron chi connectivity index (χ0n) is 12.5. The molecule has 0 aromatic carbocycles. The second-order valence-corrected chi connectivity index (χ2v) is 6.28. The average molecular weight is 363 g/mol. The Hall–Kier alpha value is -0.290. The molecular weight excluding hydrogens is 336 g/mol. The SMILES string of the molecule is CS.CS(=O)CCC(N)C(=O)O.CSCCC(N)C(=O)O. The number of thioether (sulfide) groups is 1. The van der Waals surface area contributed by atoms with Crippen molar-refractivity contribution in [3.05, 3.63) is 0 Å². The maximum Gasteiger partial charge on any atom is 0.320 e. The van der Waals surface area contributed by atoms with Crippen LogP contribution in [-0.2, 0) is 20.4 Å². The molecule has 0 aliphatic carbocycles. The van der Waals surface area contributed by atoms with Gasteiger partial charge in [-0.25, -0.2) is 0 Å². The highest BCUT2D eigenvalue weighted by Crippen LogP contribution is 1.97. The Morgan fingerprint density at radius 1 is 1.14 bits per heavy atom. The summed E-state index contributed by atoms with van der Waals surface area (Å²) in [5, 5.41) is 16.5. The van der Waals surface area contributed by atoms with Gasteiger partial charge in [-0.15, -0.1) is 0 Å². The summed E-state index contributed by atoms with van der Waals surface area (Å²) >= 11 is 5.13. The number of hydrogen-bond acceptors (Lipinski definition) is 7. The smallest absolute Gasteiger partial charge is 0.320 e. The molecule has 0 aliphatic heterocycles. The summed E-state index contributed by atoms with van der Waals surface area (Å²) < 4.78 is 10.4. The molecule has 0 fully saturated rings. The van der Waals surface area contributed by atoms with Gasteiger partial charge in [0.2, 0.25) is 0 Å². The molecule has 0 heterocycles. The highest BCUT2D eigenvalue weighted by Gasteiger charge is 2.10. The minimum Gasteiger partial charge on any atom is -0.480 e. The number of carboxylic acid groups (broad SMARTS) is 2. The molecule has 0 aliphatic rings. The molecule has 0 spiro atoms. The van der Waals surface area contributed by atoms with Crippen LogP contribution in [-0.4, -0.2) is 68.7 Å². The first-order valence-electron chi connectivity index (χ1n) is 5.92. The fourth-order valence-corrected chi connectivity index (χ4v) is 1.86. The van der Waals surface area contributed by atoms with Crippen molar-refractivity contribution in [3.63, 3.8) is 0 Å². The van der Waals surface area contributed by atoms with Gasteiger partial charge in [0, 0.05) is 22.8 Å². The predicted octanol–water partition coefficient (Wildman–Crippen LogP) is -0.136. The summed E-state index contributed by atoms with van der Waals surface area (Å²) in [6, 6.07) is -1.55. The molecule has 10 heteroatoms. The van der Waals surface area contributed by atoms with Crippen LogP contribution in [0.25, 0.3) is 0 Å². The van der Waals surface area contributed by atoms with Crippen LogP contribution in [0.4, 0.5) is 0 Å². The number of aliphatic carboxylic acids is 2. The fourth-order valence-electron chi connectivity index (χ4n) is 0.785. The topological polar surface area (TPSA) is 144 Å². The van der Waals surface area contributed by atoms with Crippen LogP contribution in [0.2, 0.25) is 0 Å². The Balaban J connectivity index is -0.000000277. The molecule has 7 nitrogen and oxygen atoms in total. The van der Waals surface area contributed by atoms with Crippen molar-refractivity contribution in [2.24, 2.45) is 11.5 Å². The van der Waals surface area contributed by atoms with Crippen molar-refractivity contribution in [1.82, 2.24) is 0 Å². The van der Waals surface area contributed by atoms with Gasteiger partial charge in [-0.05, 0) is 31.1 Å². The molecule has 0 amide bonds. The van der Waals surface area contributed by atoms with Gasteiger partial charge in [0.15, 0.2) is 0 Å². The van der Waals surface area contributed by atoms with E-state index in [4.69, 9.17) is 21.7 Å². The quantitative estimate of drug-likeness (QED) is 0.375. The van der Waals surface area contributed by atoms with Gasteiger partial charge in [0.1, 0.15) is 12.1 Å². The van der Waals surface area contributed by atoms with Gasteiger partial charge in [-0.2, -0.15) is 24.4 Å². The molecule has 0 saturated carbocycles. The predicted molar refractivity (Wildman–Crippen MR) is 92.7 cm³/mol. The van der Waals surface area contributed by atoms with E-state index >= 15 is 0 Å². The number of thiol groups is 1. The van der Waals surface area contributed by atoms with E-state index in [-0.39, 0.29) is 6.42 Å². The molecule has 128 valence electrons. The molecule has 6 N–H and O–H groups in total. The summed E-state index contributed by atoms with van der Waals surface area (Å²) in [6.07, 6.45) is 5.97. The maximum atomic E-state index is 10.4. The Morgan fingerprint density at radius 2 is 1.52 bits per heavy atom. The van der Waals surface area contributed by atoms with Gasteiger partial charge in [0.05, 0.1) is 0 Å². The highest BCUT2D eigenvalue weighted by molar-refractivity contribution is 7.98. The zero-order valence-corrected chi connectivity index (χ0v) is 15.0. The minimum absolute atomic E-state index is 0.276. The standard InChI is InChI=1S/C5H11NO3S.C5H11NO2S.CH4S/c1-10(9)3-2-4(6)5(7)8;1-9-3-2-4(6)5(7)8;1-2/h4H,2-3,6H2,1H3,(H,7,8);4H,2-3,6H2,1H3,(H,7,8);2H,1H3. The third-order valence-corrected chi connectivity index (χ3v) is 3.44. The summed E-state index contributed by atoms with van der Waals surface area (Å²) in [5.74, 6) is -0.782. The maximum absolute atomic E-state index is 10.4. The molecule has 0 rings (SSSR count). The van der Waals surface area contributed by atoms with Crippen molar-refractivity contribution in [2.75, 3.05) is 30.3 Å². The van der Waals surface area contributed by atoms with E-state index in [2.05, 4.69) is 12.6 Å². The normalized spacial score (nSPS) is 13.6. The van der Waals surface area contributed by atoms with Crippen LogP contribution in [0, 0.1) is 0 Å². The van der Waals surface area contributed by atoms with E-state index in [1.165, 1.54) is 6.26 Å². The Morgan fingerprint density at radius 3 is 1.81 bits per heavy atom. The minimum atomic E-state index is -1.04. The van der Waals surface area contributed by atoms with Gasteiger partial charge in [-0.3, -0.25) is 13.8 Å². The molecule has 0 radical (unpaired) electrons. The Bertz CT molecular complexity index is 306. The molecular formula is C11H26N2O5S3. The molecule has 0 bridgehead atoms. The van der Waals surface area contributed by atoms with Crippen LogP contribution in [0.1, 0.15) is 12.8 Å². The van der Waals surface area contributed by atoms with Crippen molar-refractivity contribution in [3.8, 4) is 0 Å². The lowest BCUT2D eigenvalue weighted by molar-refractivity contribution is -0.139. The lowest BCUT2D eigenvalue weighted by atomic mass is 10.2. The number of carbonyl (C=O) groups is 2. The fraction of sp³-hybridized carbons (Fsp3) is 0.818. The number of nitrogens with two attached hydrogens (primary N) is 2. The number of hydrogen-bond donors (Lipinski definition) is 5. The van der Waals surface area contributed by atoms with Crippen LogP contribution in [0.3, 0.4) is 0 Å². The third-order valence-electron chi connectivity index (χ3n) is 1.98. The van der Waals surface area contributed by atoms with Crippen LogP contribution in [0.15, 0.2) is 0 Å². The lowest BCUT2D eigenvalue weighted by Gasteiger charge is -2.02. The van der Waals surface area contributed by atoms with Gasteiger partial charge >= 0.3 is 11.9 Å². The lowest BCUT2D eigenvalue weighted by Crippen LogP contribution is -2.31. The van der Waals surface area contributed by atoms with Gasteiger partial charge in [-0.1, -0.05) is 0 Å². The molecule has 0 aromatic rings. The van der Waals surface area contributed by atoms with E-state index in [1.54, 1.807) is 18.0 Å². The first kappa shape index (κ1) is 25.7. The molecule has 0 saturated heterocycles. The largest absolute Gasteiger partial charge is 0.480 e. The van der Waals surface area contributed by atoms with E-state index in [9.17, 15) is 13.8 Å². The first-order valence-corrected chi connectivity index (χ1v) is 9.94. The highest BCUT2D eigenvalue weighted by atomic mass is 32.2. The Labute approximate surface area is 138 Å². The second-order valence-electron chi connectivity index (χ2n) is 3.74. The summed E-state index contributed by atoms with van der Waals surface area (Å²) in [7, 11) is -0.946. The number of rotatable bonds is 8. The van der Waals surface area contributed by atoms with E-state index in [0.29, 0.717) is 12.2 Å². The molecule has 3 atom stereocenters. The summed E-state index contributed by atoms with van der Waals surface area (Å²) in [4.78, 5) is 20.2. The monoisotopic (exact) mass is 362 g/mol. The first-order chi connectivity index (χ1) is 9.72. The average Bonchev–Trinajstić information content (AvgIpc) is 2.44. The van der Waals surface area contributed by atoms with Gasteiger partial charge in [0.25, 0.3) is 0 Å². The zero-order chi connectivity index (χ0) is 17.4. The summed E-state index contributed by atoms with van der Waals surface area (Å²) in [5.41, 5.74) is 10.3. The van der Waals surface area contributed by atoms with Crippen molar-refractivity contribution < 1.29 is 24.0 Å². The van der Waals surface area contributed by atoms with Crippen LogP contribution in [0.5, 0.6) is 0 Å². The second kappa shape index (κ2) is 17.8. The van der Waals surface area contributed by atoms with Crippen LogP contribution >= 0.6 is 24.4 Å². The van der Waals surface area contributed by atoms with Crippen molar-refractivity contribution >= 4 is 47.1 Å².